The van der Waals surface area contributed by atoms with E-state index in [4.69, 9.17) is 9.84 Å². The zero-order valence-electron chi connectivity index (χ0n) is 25.8. The van der Waals surface area contributed by atoms with Gasteiger partial charge in [0.25, 0.3) is 0 Å². The Kier molecular flexibility index (Phi) is 14.5. The molecule has 0 fully saturated rings. The van der Waals surface area contributed by atoms with E-state index >= 15 is 0 Å². The van der Waals surface area contributed by atoms with Crippen molar-refractivity contribution in [1.29, 1.82) is 0 Å². The Morgan fingerprint density at radius 3 is 1.53 bits per heavy atom. The molecule has 0 spiro atoms. The second-order valence-corrected chi connectivity index (χ2v) is 10.0. The predicted octanol–water partition coefficient (Wildman–Crippen LogP) is 4.56. The van der Waals surface area contributed by atoms with Crippen molar-refractivity contribution in [2.75, 3.05) is 0 Å². The molecule has 0 atom stereocenters. The fourth-order valence-corrected chi connectivity index (χ4v) is 3.89. The first kappa shape index (κ1) is 40.4. The summed E-state index contributed by atoms with van der Waals surface area (Å²) in [5, 5.41) is 8.52. The van der Waals surface area contributed by atoms with Gasteiger partial charge < -0.3 is 24.5 Å². The van der Waals surface area contributed by atoms with Crippen molar-refractivity contribution in [2.45, 2.75) is 46.2 Å². The number of aliphatic carboxylic acids is 1. The van der Waals surface area contributed by atoms with E-state index < -0.39 is 35.4 Å². The third-order valence-electron chi connectivity index (χ3n) is 5.73. The van der Waals surface area contributed by atoms with Crippen LogP contribution in [0, 0.1) is 13.8 Å². The molecule has 9 nitrogen and oxygen atoms in total. The summed E-state index contributed by atoms with van der Waals surface area (Å²) in [5.74, 6) is -1.63. The van der Waals surface area contributed by atoms with E-state index in [0.717, 1.165) is 30.3 Å². The number of aryl methyl sites for hydroxylation is 2. The van der Waals surface area contributed by atoms with Gasteiger partial charge in [0.15, 0.2) is 0 Å². The van der Waals surface area contributed by atoms with Gasteiger partial charge >= 0.3 is 43.2 Å². The number of carbonyl (C=O) groups is 2. The summed E-state index contributed by atoms with van der Waals surface area (Å²) in [5.41, 5.74) is 0.895. The van der Waals surface area contributed by atoms with E-state index in [0.29, 0.717) is 33.6 Å². The topological polar surface area (TPSA) is 129 Å². The molecule has 246 valence electrons. The molecular weight excluding hydrogens is 629 g/mol. The van der Waals surface area contributed by atoms with Crippen LogP contribution in [-0.4, -0.2) is 47.7 Å². The number of benzene rings is 2. The second kappa shape index (κ2) is 16.8. The number of esters is 1. The maximum absolute atomic E-state index is 12.9. The number of hydrogen-bond donors (Lipinski definition) is 1. The fraction of sp³-hybridized carbons (Fsp3) is 0.226. The van der Waals surface area contributed by atoms with Crippen LogP contribution in [0.4, 0.5) is 26.3 Å². The minimum Gasteiger partial charge on any atom is -0.870 e. The Balaban J connectivity index is 0.000000454. The Labute approximate surface area is 277 Å². The molecule has 2 aromatic carbocycles. The van der Waals surface area contributed by atoms with E-state index in [1.807, 2.05) is 0 Å². The molecule has 0 unspecified atom stereocenters. The molecule has 0 bridgehead atoms. The van der Waals surface area contributed by atoms with Crippen LogP contribution in [0.25, 0.3) is 34.9 Å². The number of ether oxygens (including phenoxy) is 1. The van der Waals surface area contributed by atoms with Crippen LogP contribution in [0.15, 0.2) is 73.6 Å². The van der Waals surface area contributed by atoms with E-state index in [1.165, 1.54) is 52.7 Å². The minimum absolute atomic E-state index is 0. The van der Waals surface area contributed by atoms with Crippen LogP contribution < -0.4 is 18.9 Å². The van der Waals surface area contributed by atoms with Crippen molar-refractivity contribution in [3.63, 3.8) is 0 Å². The van der Waals surface area contributed by atoms with Crippen molar-refractivity contribution in [1.82, 2.24) is 19.1 Å². The van der Waals surface area contributed by atoms with Crippen molar-refractivity contribution >= 4 is 24.3 Å². The predicted molar refractivity (Wildman–Crippen MR) is 156 cm³/mol. The van der Waals surface area contributed by atoms with Crippen LogP contribution in [-0.2, 0) is 26.7 Å². The zero-order chi connectivity index (χ0) is 33.5. The van der Waals surface area contributed by atoms with E-state index in [9.17, 15) is 35.9 Å². The van der Waals surface area contributed by atoms with Gasteiger partial charge in [0.2, 0.25) is 0 Å². The molecule has 0 saturated carbocycles. The maximum atomic E-state index is 12.9. The molecule has 0 amide bonds. The van der Waals surface area contributed by atoms with Gasteiger partial charge in [-0.25, -0.2) is 19.6 Å². The monoisotopic (exact) mass is 658 g/mol. The second-order valence-electron chi connectivity index (χ2n) is 10.0. The van der Waals surface area contributed by atoms with Crippen LogP contribution in [0.2, 0.25) is 0 Å². The Bertz CT molecular complexity index is 1730. The SMILES string of the molecule is Cc1cc(-c2cn(/C=C\C(=O)O)cn2)cc(C(F)(F)F)c1.Cc1cc(-c2cn(/C=C\C(=O)OC(C)C)cn2)cc(C(F)(F)F)c1.[Li+].[OH-]. The number of rotatable bonds is 7. The summed E-state index contributed by atoms with van der Waals surface area (Å²) in [4.78, 5) is 29.9. The first-order valence-electron chi connectivity index (χ1n) is 13.2. The van der Waals surface area contributed by atoms with Crippen molar-refractivity contribution in [2.24, 2.45) is 0 Å². The number of carboxylic acid groups (broad SMARTS) is 1. The summed E-state index contributed by atoms with van der Waals surface area (Å²) in [6.45, 7) is 6.63. The van der Waals surface area contributed by atoms with Crippen molar-refractivity contribution in [3.05, 3.63) is 95.9 Å². The molecule has 0 radical (unpaired) electrons. The van der Waals surface area contributed by atoms with Crippen LogP contribution in [0.5, 0.6) is 0 Å². The summed E-state index contributed by atoms with van der Waals surface area (Å²) < 4.78 is 84.8. The van der Waals surface area contributed by atoms with Gasteiger partial charge in [0.1, 0.15) is 0 Å². The largest absolute Gasteiger partial charge is 1.00 e. The van der Waals surface area contributed by atoms with E-state index in [-0.39, 0.29) is 30.4 Å². The maximum Gasteiger partial charge on any atom is 1.00 e. The Morgan fingerprint density at radius 1 is 0.766 bits per heavy atom. The minimum atomic E-state index is -4.42. The van der Waals surface area contributed by atoms with E-state index in [2.05, 4.69) is 9.97 Å². The summed E-state index contributed by atoms with van der Waals surface area (Å²) >= 11 is 0. The number of imidazole rings is 2. The standard InChI is InChI=1S/C17H17F3N2O2.C14H11F3N2O2.Li.H2O/c1-11(2)24-16(23)4-5-22-9-15(21-10-22)13-6-12(3)7-14(8-13)17(18,19)20;1-9-4-10(6-11(5-9)14(15,16)17)12-7-19(8-18-12)3-2-13(20)21;;/h4-11H,1-3H3;2-8H,1H3,(H,20,21);;1H2/q;;+1;/p-1/b5-4-;3-2-;;. The average Bonchev–Trinajstić information content (AvgIpc) is 3.59. The van der Waals surface area contributed by atoms with Gasteiger partial charge in [-0.2, -0.15) is 26.3 Å². The molecule has 47 heavy (non-hydrogen) atoms. The molecule has 16 heteroatoms. The number of aromatic nitrogens is 4. The summed E-state index contributed by atoms with van der Waals surface area (Å²) in [6.07, 6.45) is 1.47. The Morgan fingerprint density at radius 2 is 1.17 bits per heavy atom. The molecule has 0 aliphatic heterocycles. The molecule has 4 aromatic rings. The molecular formula is C31H29F6LiN4O5. The van der Waals surface area contributed by atoms with Crippen LogP contribution in [0.3, 0.4) is 0 Å². The van der Waals surface area contributed by atoms with Crippen LogP contribution >= 0.6 is 0 Å². The van der Waals surface area contributed by atoms with Crippen LogP contribution in [0.1, 0.15) is 36.1 Å². The number of nitrogens with zero attached hydrogens (tertiary/aromatic N) is 4. The quantitative estimate of drug-likeness (QED) is 0.133. The molecule has 2 aromatic heterocycles. The fourth-order valence-electron chi connectivity index (χ4n) is 3.89. The number of hydrogen-bond acceptors (Lipinski definition) is 6. The first-order valence-corrected chi connectivity index (χ1v) is 13.2. The molecule has 0 saturated heterocycles. The van der Waals surface area contributed by atoms with Gasteiger partial charge in [-0.05, 0) is 75.2 Å². The normalized spacial score (nSPS) is 11.6. The van der Waals surface area contributed by atoms with Crippen molar-refractivity contribution in [3.8, 4) is 22.5 Å². The number of alkyl halides is 6. The molecule has 4 rings (SSSR count). The van der Waals surface area contributed by atoms with E-state index in [1.54, 1.807) is 39.8 Å². The summed E-state index contributed by atoms with van der Waals surface area (Å²) in [7, 11) is 0. The third-order valence-corrected chi connectivity index (χ3v) is 5.73. The third kappa shape index (κ3) is 12.6. The number of carboxylic acids is 1. The Hall–Kier alpha value is -4.58. The van der Waals surface area contributed by atoms with Gasteiger partial charge in [0, 0.05) is 48.1 Å². The molecule has 2 heterocycles. The van der Waals surface area contributed by atoms with Gasteiger partial charge in [-0.3, -0.25) is 0 Å². The smallest absolute Gasteiger partial charge is 0.870 e. The average molecular weight is 659 g/mol. The zero-order valence-corrected chi connectivity index (χ0v) is 25.8. The number of carbonyl (C=O) groups excluding carboxylic acids is 1. The van der Waals surface area contributed by atoms with Gasteiger partial charge in [-0.15, -0.1) is 0 Å². The van der Waals surface area contributed by atoms with Crippen molar-refractivity contribution < 1.29 is 70.1 Å². The molecule has 0 aliphatic carbocycles. The van der Waals surface area contributed by atoms with Gasteiger partial charge in [-0.1, -0.05) is 0 Å². The first-order chi connectivity index (χ1) is 20.9. The van der Waals surface area contributed by atoms with Gasteiger partial charge in [0.05, 0.1) is 41.3 Å². The molecule has 0 aliphatic rings. The molecule has 2 N–H and O–H groups in total. The summed E-state index contributed by atoms with van der Waals surface area (Å²) in [6, 6.07) is 7.42. The number of halogens is 6.